The summed E-state index contributed by atoms with van der Waals surface area (Å²) >= 11 is 0. The predicted octanol–water partition coefficient (Wildman–Crippen LogP) is -0.324. The molecule has 0 spiro atoms. The molecule has 0 fully saturated rings. The standard InChI is InChI=1S/C9H10N2O3S/c1-2-3-5-11-15(13,14)9-7-10-6-4-8(9)12/h1,4,6-7,11H,3,5H2,(H,10,12). The smallest absolute Gasteiger partial charge is 0.245 e. The van der Waals surface area contributed by atoms with Gasteiger partial charge in [-0.15, -0.1) is 12.3 Å². The van der Waals surface area contributed by atoms with Gasteiger partial charge in [0.25, 0.3) is 0 Å². The Morgan fingerprint density at radius 1 is 1.53 bits per heavy atom. The van der Waals surface area contributed by atoms with Crippen molar-refractivity contribution in [3.05, 3.63) is 28.7 Å². The summed E-state index contributed by atoms with van der Waals surface area (Å²) < 4.78 is 25.3. The molecule has 1 heterocycles. The maximum Gasteiger partial charge on any atom is 0.245 e. The number of rotatable bonds is 4. The topological polar surface area (TPSA) is 79.0 Å². The van der Waals surface area contributed by atoms with E-state index >= 15 is 0 Å². The zero-order valence-electron chi connectivity index (χ0n) is 7.86. The third kappa shape index (κ3) is 2.94. The summed E-state index contributed by atoms with van der Waals surface area (Å²) in [6.45, 7) is 0.118. The fourth-order valence-electron chi connectivity index (χ4n) is 0.946. The lowest BCUT2D eigenvalue weighted by molar-refractivity contribution is 0.581. The highest BCUT2D eigenvalue weighted by Gasteiger charge is 2.16. The average molecular weight is 226 g/mol. The van der Waals surface area contributed by atoms with Gasteiger partial charge in [0.05, 0.1) is 0 Å². The van der Waals surface area contributed by atoms with Gasteiger partial charge < -0.3 is 4.98 Å². The van der Waals surface area contributed by atoms with Crippen LogP contribution in [-0.2, 0) is 10.0 Å². The van der Waals surface area contributed by atoms with Crippen molar-refractivity contribution in [3.63, 3.8) is 0 Å². The van der Waals surface area contributed by atoms with Gasteiger partial charge in [0, 0.05) is 31.4 Å². The Kier molecular flexibility index (Phi) is 3.66. The predicted molar refractivity (Wildman–Crippen MR) is 55.7 cm³/mol. The number of hydrogen-bond acceptors (Lipinski definition) is 3. The van der Waals surface area contributed by atoms with E-state index in [0.29, 0.717) is 0 Å². The molecule has 6 heteroatoms. The summed E-state index contributed by atoms with van der Waals surface area (Å²) in [6.07, 6.45) is 7.76. The lowest BCUT2D eigenvalue weighted by Gasteiger charge is -2.03. The van der Waals surface area contributed by atoms with E-state index in [1.165, 1.54) is 6.20 Å². The molecule has 1 aromatic rings. The SMILES string of the molecule is C#CCCNS(=O)(=O)c1c[nH]ccc1=O. The Morgan fingerprint density at radius 2 is 2.27 bits per heavy atom. The third-order valence-electron chi connectivity index (χ3n) is 1.64. The normalized spacial score (nSPS) is 10.9. The van der Waals surface area contributed by atoms with Gasteiger partial charge in [-0.25, -0.2) is 13.1 Å². The maximum atomic E-state index is 11.5. The monoisotopic (exact) mass is 226 g/mol. The highest BCUT2D eigenvalue weighted by atomic mass is 32.2. The van der Waals surface area contributed by atoms with Crippen LogP contribution in [0.15, 0.2) is 28.2 Å². The number of sulfonamides is 1. The second-order valence-corrected chi connectivity index (χ2v) is 4.46. The van der Waals surface area contributed by atoms with Crippen LogP contribution >= 0.6 is 0 Å². The number of terminal acetylenes is 1. The van der Waals surface area contributed by atoms with Gasteiger partial charge in [0.15, 0.2) is 0 Å². The van der Waals surface area contributed by atoms with Crippen molar-refractivity contribution in [2.75, 3.05) is 6.54 Å². The molecule has 0 aliphatic heterocycles. The highest BCUT2D eigenvalue weighted by Crippen LogP contribution is 1.99. The highest BCUT2D eigenvalue weighted by molar-refractivity contribution is 7.89. The molecular formula is C9H10N2O3S. The molecule has 0 unspecified atom stereocenters. The van der Waals surface area contributed by atoms with E-state index in [-0.39, 0.29) is 17.9 Å². The van der Waals surface area contributed by atoms with Crippen molar-refractivity contribution in [2.45, 2.75) is 11.3 Å². The summed E-state index contributed by atoms with van der Waals surface area (Å²) in [4.78, 5) is 13.5. The summed E-state index contributed by atoms with van der Waals surface area (Å²) in [5.41, 5.74) is -0.554. The molecule has 5 nitrogen and oxygen atoms in total. The van der Waals surface area contributed by atoms with Crippen LogP contribution < -0.4 is 10.2 Å². The van der Waals surface area contributed by atoms with Crippen LogP contribution in [0.25, 0.3) is 0 Å². The van der Waals surface area contributed by atoms with Crippen LogP contribution in [0.2, 0.25) is 0 Å². The number of H-pyrrole nitrogens is 1. The molecule has 0 aliphatic rings. The molecule has 0 aromatic carbocycles. The molecule has 0 aliphatic carbocycles. The number of pyridine rings is 1. The Bertz CT molecular complexity index is 525. The Hall–Kier alpha value is -1.58. The van der Waals surface area contributed by atoms with Crippen LogP contribution in [-0.4, -0.2) is 19.9 Å². The first kappa shape index (κ1) is 11.5. The largest absolute Gasteiger partial charge is 0.366 e. The van der Waals surface area contributed by atoms with E-state index in [4.69, 9.17) is 6.42 Å². The fourth-order valence-corrected chi connectivity index (χ4v) is 2.03. The quantitative estimate of drug-likeness (QED) is 0.545. The van der Waals surface area contributed by atoms with E-state index in [0.717, 1.165) is 12.3 Å². The summed E-state index contributed by atoms with van der Waals surface area (Å²) in [5.74, 6) is 2.29. The van der Waals surface area contributed by atoms with Gasteiger partial charge in [0.1, 0.15) is 4.90 Å². The van der Waals surface area contributed by atoms with Crippen LogP contribution in [0.1, 0.15) is 6.42 Å². The van der Waals surface area contributed by atoms with Crippen LogP contribution in [0.5, 0.6) is 0 Å². The van der Waals surface area contributed by atoms with Crippen LogP contribution in [0.4, 0.5) is 0 Å². The van der Waals surface area contributed by atoms with E-state index < -0.39 is 15.5 Å². The molecule has 15 heavy (non-hydrogen) atoms. The van der Waals surface area contributed by atoms with Gasteiger partial charge in [0.2, 0.25) is 15.5 Å². The molecule has 0 saturated carbocycles. The second-order valence-electron chi connectivity index (χ2n) is 2.72. The van der Waals surface area contributed by atoms with Crippen molar-refractivity contribution < 1.29 is 8.42 Å². The number of nitrogens with one attached hydrogen (secondary N) is 2. The molecule has 0 amide bonds. The molecule has 0 saturated heterocycles. The van der Waals surface area contributed by atoms with E-state index in [9.17, 15) is 13.2 Å². The van der Waals surface area contributed by atoms with Gasteiger partial charge in [-0.05, 0) is 0 Å². The summed E-state index contributed by atoms with van der Waals surface area (Å²) in [6, 6.07) is 1.15. The molecule has 80 valence electrons. The second kappa shape index (κ2) is 4.77. The van der Waals surface area contributed by atoms with Crippen molar-refractivity contribution >= 4 is 10.0 Å². The van der Waals surface area contributed by atoms with Crippen molar-refractivity contribution in [2.24, 2.45) is 0 Å². The number of aromatic amines is 1. The van der Waals surface area contributed by atoms with E-state index in [1.807, 2.05) is 0 Å². The van der Waals surface area contributed by atoms with Gasteiger partial charge >= 0.3 is 0 Å². The van der Waals surface area contributed by atoms with Gasteiger partial charge in [-0.3, -0.25) is 4.79 Å². The Balaban J connectivity index is 2.93. The van der Waals surface area contributed by atoms with Crippen molar-refractivity contribution in [1.82, 2.24) is 9.71 Å². The number of hydrogen-bond donors (Lipinski definition) is 2. The van der Waals surface area contributed by atoms with Crippen molar-refractivity contribution in [1.29, 1.82) is 0 Å². The minimum Gasteiger partial charge on any atom is -0.366 e. The lowest BCUT2D eigenvalue weighted by Crippen LogP contribution is -2.28. The van der Waals surface area contributed by atoms with Crippen molar-refractivity contribution in [3.8, 4) is 12.3 Å². The fraction of sp³-hybridized carbons (Fsp3) is 0.222. The first-order valence-electron chi connectivity index (χ1n) is 4.18. The molecule has 1 aromatic heterocycles. The van der Waals surface area contributed by atoms with E-state index in [2.05, 4.69) is 15.6 Å². The number of aromatic nitrogens is 1. The van der Waals surface area contributed by atoms with Crippen LogP contribution in [0.3, 0.4) is 0 Å². The minimum atomic E-state index is -3.75. The zero-order valence-corrected chi connectivity index (χ0v) is 8.67. The molecule has 0 atom stereocenters. The summed E-state index contributed by atoms with van der Waals surface area (Å²) in [7, 11) is -3.75. The molecule has 0 bridgehead atoms. The molecular weight excluding hydrogens is 216 g/mol. The van der Waals surface area contributed by atoms with Gasteiger partial charge in [-0.1, -0.05) is 0 Å². The molecule has 2 N–H and O–H groups in total. The third-order valence-corrected chi connectivity index (χ3v) is 3.12. The minimum absolute atomic E-state index is 0.118. The van der Waals surface area contributed by atoms with Gasteiger partial charge in [-0.2, -0.15) is 0 Å². The first-order chi connectivity index (χ1) is 7.08. The molecule has 1 rings (SSSR count). The summed E-state index contributed by atoms with van der Waals surface area (Å²) in [5, 5.41) is 0. The first-order valence-corrected chi connectivity index (χ1v) is 5.66. The lowest BCUT2D eigenvalue weighted by atomic mass is 10.5. The maximum absolute atomic E-state index is 11.5. The zero-order chi connectivity index (χ0) is 11.3. The molecule has 0 radical (unpaired) electrons. The van der Waals surface area contributed by atoms with E-state index in [1.54, 1.807) is 0 Å². The van der Waals surface area contributed by atoms with Crippen LogP contribution in [0, 0.1) is 12.3 Å². The average Bonchev–Trinajstić information content (AvgIpc) is 2.18. The Morgan fingerprint density at radius 3 is 2.87 bits per heavy atom. The Labute approximate surface area is 87.6 Å².